The maximum absolute atomic E-state index is 5.90. The molecule has 3 nitrogen and oxygen atoms in total. The van der Waals surface area contributed by atoms with Gasteiger partial charge in [0.2, 0.25) is 0 Å². The molecule has 2 aromatic rings. The van der Waals surface area contributed by atoms with Gasteiger partial charge >= 0.3 is 0 Å². The number of hydrogen-bond donors (Lipinski definition) is 1. The minimum Gasteiger partial charge on any atom is -0.456 e. The van der Waals surface area contributed by atoms with Crippen molar-refractivity contribution in [2.24, 2.45) is 0 Å². The zero-order chi connectivity index (χ0) is 15.5. The molecule has 118 valence electrons. The second-order valence-corrected chi connectivity index (χ2v) is 6.57. The van der Waals surface area contributed by atoms with E-state index in [9.17, 15) is 0 Å². The normalized spacial score (nSPS) is 23.7. The van der Waals surface area contributed by atoms with Gasteiger partial charge in [0.25, 0.3) is 0 Å². The first kappa shape index (κ1) is 14.5. The van der Waals surface area contributed by atoms with Crippen LogP contribution in [0.1, 0.15) is 37.7 Å². The van der Waals surface area contributed by atoms with Crippen molar-refractivity contribution in [1.29, 1.82) is 0 Å². The highest BCUT2D eigenvalue weighted by atomic mass is 16.5. The molecular weight excluding hydrogens is 284 g/mol. The van der Waals surface area contributed by atoms with Gasteiger partial charge < -0.3 is 10.1 Å². The molecule has 1 aromatic heterocycles. The van der Waals surface area contributed by atoms with Crippen LogP contribution in [0.5, 0.6) is 11.5 Å². The summed E-state index contributed by atoms with van der Waals surface area (Å²) in [5.41, 5.74) is 2.95. The summed E-state index contributed by atoms with van der Waals surface area (Å²) in [7, 11) is 0. The topological polar surface area (TPSA) is 34.1 Å². The molecule has 1 aliphatic heterocycles. The zero-order valence-electron chi connectivity index (χ0n) is 13.3. The standard InChI is InChI=1S/C20H22N2O/c1-2-5-18(6-3-1)23-19-13-17(14-21-15-19)16-7-10-20(11-8-16)9-4-12-22-20/h1-3,5-7,13-15,22H,4,8-12H2. The van der Waals surface area contributed by atoms with Crippen LogP contribution in [0.25, 0.3) is 5.57 Å². The number of pyridine rings is 1. The summed E-state index contributed by atoms with van der Waals surface area (Å²) in [6.07, 6.45) is 12.2. The summed E-state index contributed by atoms with van der Waals surface area (Å²) in [6.45, 7) is 1.17. The van der Waals surface area contributed by atoms with E-state index in [2.05, 4.69) is 22.4 Å². The van der Waals surface area contributed by atoms with Gasteiger partial charge in [0.05, 0.1) is 6.20 Å². The highest BCUT2D eigenvalue weighted by Gasteiger charge is 2.34. The predicted octanol–water partition coefficient (Wildman–Crippen LogP) is 4.56. The number of ether oxygens (including phenoxy) is 1. The van der Waals surface area contributed by atoms with Crippen molar-refractivity contribution in [2.75, 3.05) is 6.54 Å². The van der Waals surface area contributed by atoms with Crippen molar-refractivity contribution in [3.8, 4) is 11.5 Å². The van der Waals surface area contributed by atoms with Crippen LogP contribution < -0.4 is 10.1 Å². The second kappa shape index (κ2) is 6.17. The fourth-order valence-electron chi connectivity index (χ4n) is 3.69. The summed E-state index contributed by atoms with van der Waals surface area (Å²) in [5, 5.41) is 3.70. The van der Waals surface area contributed by atoms with Crippen LogP contribution in [-0.2, 0) is 0 Å². The number of rotatable bonds is 3. The van der Waals surface area contributed by atoms with E-state index in [-0.39, 0.29) is 0 Å². The number of para-hydroxylation sites is 1. The first-order valence-electron chi connectivity index (χ1n) is 8.45. The molecule has 1 N–H and O–H groups in total. The quantitative estimate of drug-likeness (QED) is 0.902. The Labute approximate surface area is 137 Å². The molecule has 3 heteroatoms. The average molecular weight is 306 g/mol. The highest BCUT2D eigenvalue weighted by Crippen LogP contribution is 2.38. The molecule has 1 fully saturated rings. The third-order valence-corrected chi connectivity index (χ3v) is 5.01. The van der Waals surface area contributed by atoms with Crippen LogP contribution in [0.3, 0.4) is 0 Å². The number of allylic oxidation sites excluding steroid dienone is 1. The van der Waals surface area contributed by atoms with Gasteiger partial charge in [-0.05, 0) is 68.0 Å². The summed E-state index contributed by atoms with van der Waals surface area (Å²) in [4.78, 5) is 4.36. The van der Waals surface area contributed by atoms with E-state index in [0.29, 0.717) is 5.54 Å². The lowest BCUT2D eigenvalue weighted by Crippen LogP contribution is -2.40. The summed E-state index contributed by atoms with van der Waals surface area (Å²) >= 11 is 0. The van der Waals surface area contributed by atoms with Gasteiger partial charge in [-0.2, -0.15) is 0 Å². The van der Waals surface area contributed by atoms with Gasteiger partial charge in [-0.1, -0.05) is 24.3 Å². The molecule has 0 amide bonds. The molecule has 2 aliphatic rings. The van der Waals surface area contributed by atoms with E-state index < -0.39 is 0 Å². The van der Waals surface area contributed by atoms with Crippen molar-refractivity contribution in [3.63, 3.8) is 0 Å². The summed E-state index contributed by atoms with van der Waals surface area (Å²) in [5.74, 6) is 1.65. The number of benzene rings is 1. The molecular formula is C20H22N2O. The molecule has 0 radical (unpaired) electrons. The SMILES string of the molecule is C1=C(c2cncc(Oc3ccccc3)c2)CCC2(C1)CCCN2. The van der Waals surface area contributed by atoms with Gasteiger partial charge in [-0.3, -0.25) is 4.98 Å². The number of nitrogens with one attached hydrogen (secondary N) is 1. The predicted molar refractivity (Wildman–Crippen MR) is 92.5 cm³/mol. The van der Waals surface area contributed by atoms with Crippen molar-refractivity contribution < 1.29 is 4.74 Å². The Kier molecular flexibility index (Phi) is 3.88. The van der Waals surface area contributed by atoms with E-state index in [0.717, 1.165) is 24.3 Å². The van der Waals surface area contributed by atoms with E-state index in [1.54, 1.807) is 6.20 Å². The van der Waals surface area contributed by atoms with E-state index >= 15 is 0 Å². The Balaban J connectivity index is 1.51. The Morgan fingerprint density at radius 3 is 2.70 bits per heavy atom. The number of hydrogen-bond acceptors (Lipinski definition) is 3. The maximum Gasteiger partial charge on any atom is 0.146 e. The molecule has 1 aliphatic carbocycles. The third-order valence-electron chi connectivity index (χ3n) is 5.01. The summed E-state index contributed by atoms with van der Waals surface area (Å²) < 4.78 is 5.90. The lowest BCUT2D eigenvalue weighted by Gasteiger charge is -2.33. The molecule has 23 heavy (non-hydrogen) atoms. The molecule has 1 saturated heterocycles. The van der Waals surface area contributed by atoms with Crippen LogP contribution >= 0.6 is 0 Å². The molecule has 0 bridgehead atoms. The molecule has 1 unspecified atom stereocenters. The molecule has 2 heterocycles. The first-order chi connectivity index (χ1) is 11.3. The van der Waals surface area contributed by atoms with Crippen molar-refractivity contribution >= 4 is 5.57 Å². The highest BCUT2D eigenvalue weighted by molar-refractivity contribution is 5.67. The fourth-order valence-corrected chi connectivity index (χ4v) is 3.69. The molecule has 1 atom stereocenters. The van der Waals surface area contributed by atoms with Crippen LogP contribution in [-0.4, -0.2) is 17.1 Å². The van der Waals surface area contributed by atoms with Crippen LogP contribution in [0, 0.1) is 0 Å². The monoisotopic (exact) mass is 306 g/mol. The van der Waals surface area contributed by atoms with Crippen LogP contribution in [0.4, 0.5) is 0 Å². The van der Waals surface area contributed by atoms with Gasteiger partial charge in [-0.25, -0.2) is 0 Å². The lowest BCUT2D eigenvalue weighted by atomic mass is 9.80. The van der Waals surface area contributed by atoms with Crippen molar-refractivity contribution in [3.05, 3.63) is 60.4 Å². The molecule has 1 spiro atoms. The van der Waals surface area contributed by atoms with Gasteiger partial charge in [0.15, 0.2) is 0 Å². The number of nitrogens with zero attached hydrogens (tertiary/aromatic N) is 1. The Hall–Kier alpha value is -2.13. The second-order valence-electron chi connectivity index (χ2n) is 6.57. The minimum absolute atomic E-state index is 0.370. The third kappa shape index (κ3) is 3.15. The van der Waals surface area contributed by atoms with Gasteiger partial charge in [0.1, 0.15) is 11.5 Å². The van der Waals surface area contributed by atoms with Crippen molar-refractivity contribution in [2.45, 2.75) is 37.6 Å². The lowest BCUT2D eigenvalue weighted by molar-refractivity contribution is 0.347. The molecule has 1 aromatic carbocycles. The van der Waals surface area contributed by atoms with E-state index in [1.807, 2.05) is 36.5 Å². The molecule has 0 saturated carbocycles. The maximum atomic E-state index is 5.90. The van der Waals surface area contributed by atoms with Crippen LogP contribution in [0.15, 0.2) is 54.9 Å². The minimum atomic E-state index is 0.370. The Morgan fingerprint density at radius 1 is 1.04 bits per heavy atom. The first-order valence-corrected chi connectivity index (χ1v) is 8.45. The van der Waals surface area contributed by atoms with E-state index in [1.165, 1.54) is 36.9 Å². The summed E-state index contributed by atoms with van der Waals surface area (Å²) in [6, 6.07) is 12.0. The number of aromatic nitrogens is 1. The fraction of sp³-hybridized carbons (Fsp3) is 0.350. The smallest absolute Gasteiger partial charge is 0.146 e. The van der Waals surface area contributed by atoms with E-state index in [4.69, 9.17) is 4.74 Å². The van der Waals surface area contributed by atoms with Crippen LogP contribution in [0.2, 0.25) is 0 Å². The zero-order valence-corrected chi connectivity index (χ0v) is 13.3. The largest absolute Gasteiger partial charge is 0.456 e. The Morgan fingerprint density at radius 2 is 1.96 bits per heavy atom. The average Bonchev–Trinajstić information content (AvgIpc) is 3.05. The van der Waals surface area contributed by atoms with Gasteiger partial charge in [-0.15, -0.1) is 0 Å². The van der Waals surface area contributed by atoms with Crippen molar-refractivity contribution in [1.82, 2.24) is 10.3 Å². The molecule has 4 rings (SSSR count). The van der Waals surface area contributed by atoms with Gasteiger partial charge in [0, 0.05) is 11.7 Å². The Bertz CT molecular complexity index is 703.